The first kappa shape index (κ1) is 20.3. The molecule has 2 aliphatic heterocycles. The molecule has 0 saturated carbocycles. The quantitative estimate of drug-likeness (QED) is 0.566. The second-order valence-electron chi connectivity index (χ2n) is 7.75. The molecule has 9 heteroatoms. The number of hydrogen-bond donors (Lipinski definition) is 1. The van der Waals surface area contributed by atoms with Gasteiger partial charge in [-0.25, -0.2) is 0 Å². The maximum absolute atomic E-state index is 12.4. The van der Waals surface area contributed by atoms with E-state index in [0.29, 0.717) is 23.6 Å². The zero-order valence-corrected chi connectivity index (χ0v) is 17.7. The fraction of sp³-hybridized carbons (Fsp3) is 0.348. The molecule has 32 heavy (non-hydrogen) atoms. The van der Waals surface area contributed by atoms with Gasteiger partial charge in [0.15, 0.2) is 11.5 Å². The van der Waals surface area contributed by atoms with Gasteiger partial charge >= 0.3 is 11.8 Å². The van der Waals surface area contributed by atoms with Crippen LogP contribution in [0.5, 0.6) is 11.5 Å². The maximum Gasteiger partial charge on any atom is 0.308 e. The number of nitrogens with zero attached hydrogens (tertiary/aromatic N) is 4. The molecule has 0 bridgehead atoms. The predicted molar refractivity (Wildman–Crippen MR) is 118 cm³/mol. The minimum atomic E-state index is -0.363. The molecule has 0 unspecified atom stereocenters. The molecule has 1 aromatic heterocycles. The molecule has 1 saturated heterocycles. The second kappa shape index (κ2) is 9.27. The first-order chi connectivity index (χ1) is 15.8. The summed E-state index contributed by atoms with van der Waals surface area (Å²) >= 11 is 0. The number of ether oxygens (including phenoxy) is 2. The SMILES string of the molecule is O=C(NCCCN1CCN(c2ccccc2)CC1)c1nnc(-c2ccc3c(c2)OCO3)o1. The smallest absolute Gasteiger partial charge is 0.308 e. The highest BCUT2D eigenvalue weighted by Gasteiger charge is 2.20. The molecule has 2 aliphatic rings. The minimum absolute atomic E-state index is 0.0471. The summed E-state index contributed by atoms with van der Waals surface area (Å²) in [5.41, 5.74) is 1.95. The Bertz CT molecular complexity index is 1060. The molecule has 0 radical (unpaired) electrons. The third-order valence-electron chi connectivity index (χ3n) is 5.67. The van der Waals surface area contributed by atoms with Gasteiger partial charge in [-0.3, -0.25) is 9.69 Å². The van der Waals surface area contributed by atoms with Crippen LogP contribution in [0.2, 0.25) is 0 Å². The molecule has 5 rings (SSSR count). The Balaban J connectivity index is 1.05. The van der Waals surface area contributed by atoms with Crippen LogP contribution in [-0.2, 0) is 0 Å². The van der Waals surface area contributed by atoms with E-state index in [1.807, 2.05) is 6.07 Å². The van der Waals surface area contributed by atoms with E-state index in [2.05, 4.69) is 49.6 Å². The van der Waals surface area contributed by atoms with Crippen LogP contribution < -0.4 is 19.7 Å². The van der Waals surface area contributed by atoms with Crippen LogP contribution >= 0.6 is 0 Å². The molecule has 1 fully saturated rings. The molecule has 1 amide bonds. The van der Waals surface area contributed by atoms with E-state index in [4.69, 9.17) is 13.9 Å². The average molecular weight is 435 g/mol. The van der Waals surface area contributed by atoms with Crippen molar-refractivity contribution in [3.63, 3.8) is 0 Å². The van der Waals surface area contributed by atoms with Crippen molar-refractivity contribution in [2.45, 2.75) is 6.42 Å². The van der Waals surface area contributed by atoms with Crippen molar-refractivity contribution in [3.8, 4) is 23.0 Å². The highest BCUT2D eigenvalue weighted by Crippen LogP contribution is 2.35. The predicted octanol–water partition coefficient (Wildman–Crippen LogP) is 2.41. The van der Waals surface area contributed by atoms with Gasteiger partial charge in [0.2, 0.25) is 12.7 Å². The topological polar surface area (TPSA) is 93.0 Å². The molecule has 0 atom stereocenters. The van der Waals surface area contributed by atoms with Crippen LogP contribution in [0.4, 0.5) is 5.69 Å². The van der Waals surface area contributed by atoms with E-state index in [9.17, 15) is 4.79 Å². The Hall–Kier alpha value is -3.59. The van der Waals surface area contributed by atoms with Crippen LogP contribution in [-0.4, -0.2) is 67.1 Å². The van der Waals surface area contributed by atoms with Gasteiger partial charge in [0.25, 0.3) is 0 Å². The van der Waals surface area contributed by atoms with Crippen LogP contribution in [0.15, 0.2) is 52.9 Å². The summed E-state index contributed by atoms with van der Waals surface area (Å²) in [5, 5.41) is 10.7. The van der Waals surface area contributed by atoms with Crippen LogP contribution in [0.1, 0.15) is 17.1 Å². The average Bonchev–Trinajstić information content (AvgIpc) is 3.52. The Kier molecular flexibility index (Phi) is 5.89. The minimum Gasteiger partial charge on any atom is -0.454 e. The highest BCUT2D eigenvalue weighted by molar-refractivity contribution is 5.89. The van der Waals surface area contributed by atoms with E-state index in [-0.39, 0.29) is 24.5 Å². The summed E-state index contributed by atoms with van der Waals surface area (Å²) in [6, 6.07) is 15.8. The van der Waals surface area contributed by atoms with Crippen molar-refractivity contribution in [1.82, 2.24) is 20.4 Å². The van der Waals surface area contributed by atoms with E-state index in [1.54, 1.807) is 18.2 Å². The number of hydrogen-bond acceptors (Lipinski definition) is 8. The van der Waals surface area contributed by atoms with Gasteiger partial charge < -0.3 is 24.1 Å². The Labute approximate surface area is 185 Å². The Morgan fingerprint density at radius 3 is 2.62 bits per heavy atom. The van der Waals surface area contributed by atoms with Crippen molar-refractivity contribution in [2.75, 3.05) is 51.0 Å². The fourth-order valence-corrected chi connectivity index (χ4v) is 3.91. The summed E-state index contributed by atoms with van der Waals surface area (Å²) in [6.07, 6.45) is 0.861. The Morgan fingerprint density at radius 1 is 0.969 bits per heavy atom. The summed E-state index contributed by atoms with van der Waals surface area (Å²) in [7, 11) is 0. The van der Waals surface area contributed by atoms with Crippen molar-refractivity contribution in [2.24, 2.45) is 0 Å². The first-order valence-electron chi connectivity index (χ1n) is 10.8. The molecule has 2 aromatic carbocycles. The lowest BCUT2D eigenvalue weighted by Gasteiger charge is -2.36. The van der Waals surface area contributed by atoms with Gasteiger partial charge in [-0.05, 0) is 43.3 Å². The van der Waals surface area contributed by atoms with E-state index >= 15 is 0 Å². The van der Waals surface area contributed by atoms with Crippen LogP contribution in [0.25, 0.3) is 11.5 Å². The number of carbonyl (C=O) groups excluding carboxylic acids is 1. The largest absolute Gasteiger partial charge is 0.454 e. The zero-order chi connectivity index (χ0) is 21.8. The van der Waals surface area contributed by atoms with Gasteiger partial charge in [-0.15, -0.1) is 10.2 Å². The first-order valence-corrected chi connectivity index (χ1v) is 10.8. The van der Waals surface area contributed by atoms with Crippen molar-refractivity contribution in [3.05, 3.63) is 54.4 Å². The summed E-state index contributed by atoms with van der Waals surface area (Å²) in [5.74, 6) is 1.15. The molecule has 9 nitrogen and oxygen atoms in total. The molecular weight excluding hydrogens is 410 g/mol. The van der Waals surface area contributed by atoms with E-state index < -0.39 is 0 Å². The zero-order valence-electron chi connectivity index (χ0n) is 17.7. The maximum atomic E-state index is 12.4. The molecule has 3 heterocycles. The normalized spacial score (nSPS) is 15.7. The van der Waals surface area contributed by atoms with Gasteiger partial charge in [0, 0.05) is 44.0 Å². The third-order valence-corrected chi connectivity index (χ3v) is 5.67. The van der Waals surface area contributed by atoms with Crippen LogP contribution in [0.3, 0.4) is 0 Å². The van der Waals surface area contributed by atoms with Gasteiger partial charge in [-0.2, -0.15) is 0 Å². The summed E-state index contributed by atoms with van der Waals surface area (Å²) in [6.45, 7) is 5.76. The van der Waals surface area contributed by atoms with Crippen LogP contribution in [0, 0.1) is 0 Å². The molecule has 3 aromatic rings. The molecular formula is C23H25N5O4. The van der Waals surface area contributed by atoms with Crippen molar-refractivity contribution >= 4 is 11.6 Å². The summed E-state index contributed by atoms with van der Waals surface area (Å²) in [4.78, 5) is 17.2. The molecule has 166 valence electrons. The number of piperazine rings is 1. The highest BCUT2D eigenvalue weighted by atomic mass is 16.7. The number of para-hydroxylation sites is 1. The van der Waals surface area contributed by atoms with Crippen molar-refractivity contribution in [1.29, 1.82) is 0 Å². The van der Waals surface area contributed by atoms with Crippen molar-refractivity contribution < 1.29 is 18.7 Å². The number of aromatic nitrogens is 2. The number of benzene rings is 2. The number of fused-ring (bicyclic) bond motifs is 1. The lowest BCUT2D eigenvalue weighted by molar-refractivity contribution is 0.0917. The standard InChI is InChI=1S/C23H25N5O4/c29-21(23-26-25-22(32-23)17-7-8-19-20(15-17)31-16-30-19)24-9-4-10-27-11-13-28(14-12-27)18-5-2-1-3-6-18/h1-3,5-8,15H,4,9-14,16H2,(H,24,29). The number of anilines is 1. The Morgan fingerprint density at radius 2 is 1.78 bits per heavy atom. The number of nitrogens with one attached hydrogen (secondary N) is 1. The lowest BCUT2D eigenvalue weighted by Crippen LogP contribution is -2.47. The molecule has 0 spiro atoms. The molecule has 1 N–H and O–H groups in total. The monoisotopic (exact) mass is 435 g/mol. The van der Waals surface area contributed by atoms with Gasteiger partial charge in [0.05, 0.1) is 0 Å². The third kappa shape index (κ3) is 4.52. The van der Waals surface area contributed by atoms with Gasteiger partial charge in [-0.1, -0.05) is 18.2 Å². The summed E-state index contributed by atoms with van der Waals surface area (Å²) < 4.78 is 16.2. The fourth-order valence-electron chi connectivity index (χ4n) is 3.91. The number of carbonyl (C=O) groups is 1. The lowest BCUT2D eigenvalue weighted by atomic mass is 10.2. The van der Waals surface area contributed by atoms with E-state index in [1.165, 1.54) is 5.69 Å². The number of rotatable bonds is 7. The van der Waals surface area contributed by atoms with E-state index in [0.717, 1.165) is 39.1 Å². The van der Waals surface area contributed by atoms with Gasteiger partial charge in [0.1, 0.15) is 0 Å². The number of amides is 1. The second-order valence-corrected chi connectivity index (χ2v) is 7.75. The molecule has 0 aliphatic carbocycles.